The molecule has 78 valence electrons. The van der Waals surface area contributed by atoms with Gasteiger partial charge < -0.3 is 10.0 Å². The molecule has 0 spiro atoms. The van der Waals surface area contributed by atoms with Crippen LogP contribution in [0.3, 0.4) is 0 Å². The minimum atomic E-state index is -0.201. The molecule has 1 fully saturated rings. The lowest BCUT2D eigenvalue weighted by Crippen LogP contribution is -2.35. The van der Waals surface area contributed by atoms with E-state index in [9.17, 15) is 5.11 Å². The molecule has 3 nitrogen and oxygen atoms in total. The third kappa shape index (κ3) is 2.93. The number of aliphatic hydroxyl groups excluding tert-OH is 1. The van der Waals surface area contributed by atoms with Crippen LogP contribution < -0.4 is 0 Å². The van der Waals surface area contributed by atoms with E-state index < -0.39 is 0 Å². The van der Waals surface area contributed by atoms with Crippen LogP contribution in [0.4, 0.5) is 0 Å². The normalized spacial score (nSPS) is 32.8. The molecule has 13 heavy (non-hydrogen) atoms. The van der Waals surface area contributed by atoms with E-state index in [0.29, 0.717) is 12.0 Å². The van der Waals surface area contributed by atoms with E-state index in [2.05, 4.69) is 30.8 Å². The van der Waals surface area contributed by atoms with Gasteiger partial charge in [0.2, 0.25) is 0 Å². The minimum absolute atomic E-state index is 0.201. The van der Waals surface area contributed by atoms with Gasteiger partial charge in [-0.15, -0.1) is 0 Å². The standard InChI is InChI=1S/C10H22N2O/c1-8-5-12(6-9(2)13)7-10(8)11(3)4/h8-10,13H,5-7H2,1-4H3. The molecule has 3 atom stereocenters. The Balaban J connectivity index is 2.40. The molecule has 0 radical (unpaired) electrons. The summed E-state index contributed by atoms with van der Waals surface area (Å²) in [6, 6.07) is 0.652. The van der Waals surface area contributed by atoms with Gasteiger partial charge in [0.1, 0.15) is 0 Å². The zero-order valence-electron chi connectivity index (χ0n) is 9.20. The van der Waals surface area contributed by atoms with Crippen molar-refractivity contribution in [1.29, 1.82) is 0 Å². The van der Waals surface area contributed by atoms with Crippen molar-refractivity contribution >= 4 is 0 Å². The number of rotatable bonds is 3. The highest BCUT2D eigenvalue weighted by Crippen LogP contribution is 2.19. The van der Waals surface area contributed by atoms with Crippen molar-refractivity contribution in [2.45, 2.75) is 26.0 Å². The van der Waals surface area contributed by atoms with Gasteiger partial charge in [0.15, 0.2) is 0 Å². The summed E-state index contributed by atoms with van der Waals surface area (Å²) in [4.78, 5) is 4.63. The molecule has 1 heterocycles. The zero-order valence-corrected chi connectivity index (χ0v) is 9.20. The fraction of sp³-hybridized carbons (Fsp3) is 1.00. The largest absolute Gasteiger partial charge is 0.392 e. The Labute approximate surface area is 81.3 Å². The number of hydrogen-bond acceptors (Lipinski definition) is 3. The van der Waals surface area contributed by atoms with Crippen LogP contribution in [0, 0.1) is 5.92 Å². The number of likely N-dealkylation sites (tertiary alicyclic amines) is 1. The smallest absolute Gasteiger partial charge is 0.0639 e. The van der Waals surface area contributed by atoms with Crippen LogP contribution in [0.1, 0.15) is 13.8 Å². The average molecular weight is 186 g/mol. The van der Waals surface area contributed by atoms with Gasteiger partial charge in [-0.25, -0.2) is 0 Å². The first-order valence-electron chi connectivity index (χ1n) is 5.07. The highest BCUT2D eigenvalue weighted by molar-refractivity contribution is 4.86. The molecule has 0 aromatic heterocycles. The Hall–Kier alpha value is -0.120. The van der Waals surface area contributed by atoms with Crippen molar-refractivity contribution in [3.05, 3.63) is 0 Å². The molecular weight excluding hydrogens is 164 g/mol. The summed E-state index contributed by atoms with van der Waals surface area (Å²) in [5.41, 5.74) is 0. The van der Waals surface area contributed by atoms with E-state index in [0.717, 1.165) is 19.6 Å². The molecule has 0 aromatic carbocycles. The molecule has 1 N–H and O–H groups in total. The number of nitrogens with zero attached hydrogens (tertiary/aromatic N) is 2. The molecule has 3 unspecified atom stereocenters. The van der Waals surface area contributed by atoms with Crippen LogP contribution in [-0.2, 0) is 0 Å². The molecule has 1 rings (SSSR count). The van der Waals surface area contributed by atoms with Gasteiger partial charge in [-0.2, -0.15) is 0 Å². The van der Waals surface area contributed by atoms with Gasteiger partial charge >= 0.3 is 0 Å². The predicted octanol–water partition coefficient (Wildman–Crippen LogP) is 0.249. The van der Waals surface area contributed by atoms with Crippen LogP contribution in [0.2, 0.25) is 0 Å². The SMILES string of the molecule is CC(O)CN1CC(C)C(N(C)C)C1. The molecule has 1 aliphatic heterocycles. The van der Waals surface area contributed by atoms with Crippen molar-refractivity contribution in [2.24, 2.45) is 5.92 Å². The maximum atomic E-state index is 9.27. The number of likely N-dealkylation sites (N-methyl/N-ethyl adjacent to an activating group) is 1. The van der Waals surface area contributed by atoms with Gasteiger partial charge in [-0.3, -0.25) is 4.90 Å². The highest BCUT2D eigenvalue weighted by Gasteiger charge is 2.30. The van der Waals surface area contributed by atoms with Crippen molar-refractivity contribution in [2.75, 3.05) is 33.7 Å². The quantitative estimate of drug-likeness (QED) is 0.684. The Kier molecular flexibility index (Phi) is 3.71. The van der Waals surface area contributed by atoms with E-state index in [1.807, 2.05) is 6.92 Å². The summed E-state index contributed by atoms with van der Waals surface area (Å²) < 4.78 is 0. The summed E-state index contributed by atoms with van der Waals surface area (Å²) in [6.07, 6.45) is -0.201. The number of β-amino-alcohol motifs (C(OH)–C–C–N with tert-alkyl or cyclic N) is 1. The average Bonchev–Trinajstić information content (AvgIpc) is 2.29. The summed E-state index contributed by atoms with van der Waals surface area (Å²) in [7, 11) is 4.26. The summed E-state index contributed by atoms with van der Waals surface area (Å²) >= 11 is 0. The van der Waals surface area contributed by atoms with Crippen LogP contribution in [0.15, 0.2) is 0 Å². The number of aliphatic hydroxyl groups is 1. The van der Waals surface area contributed by atoms with Crippen LogP contribution in [-0.4, -0.2) is 60.8 Å². The molecule has 0 aliphatic carbocycles. The molecule has 0 amide bonds. The molecule has 1 saturated heterocycles. The van der Waals surface area contributed by atoms with E-state index in [1.165, 1.54) is 0 Å². The Morgan fingerprint density at radius 1 is 1.46 bits per heavy atom. The fourth-order valence-corrected chi connectivity index (χ4v) is 2.24. The number of hydrogen-bond donors (Lipinski definition) is 1. The van der Waals surface area contributed by atoms with Crippen molar-refractivity contribution in [3.63, 3.8) is 0 Å². The zero-order chi connectivity index (χ0) is 10.0. The van der Waals surface area contributed by atoms with Crippen LogP contribution >= 0.6 is 0 Å². The Morgan fingerprint density at radius 2 is 2.08 bits per heavy atom. The molecule has 3 heteroatoms. The topological polar surface area (TPSA) is 26.7 Å². The molecule has 1 aliphatic rings. The lowest BCUT2D eigenvalue weighted by molar-refractivity contribution is 0.136. The lowest BCUT2D eigenvalue weighted by Gasteiger charge is -2.22. The predicted molar refractivity (Wildman–Crippen MR) is 54.8 cm³/mol. The Bertz CT molecular complexity index is 159. The lowest BCUT2D eigenvalue weighted by atomic mass is 10.1. The van der Waals surface area contributed by atoms with Crippen LogP contribution in [0.25, 0.3) is 0 Å². The summed E-state index contributed by atoms with van der Waals surface area (Å²) in [5, 5.41) is 9.27. The van der Waals surface area contributed by atoms with E-state index >= 15 is 0 Å². The van der Waals surface area contributed by atoms with Gasteiger partial charge in [0, 0.05) is 25.7 Å². The molecule has 0 saturated carbocycles. The van der Waals surface area contributed by atoms with Gasteiger partial charge in [0.05, 0.1) is 6.10 Å². The maximum absolute atomic E-state index is 9.27. The van der Waals surface area contributed by atoms with Crippen molar-refractivity contribution < 1.29 is 5.11 Å². The van der Waals surface area contributed by atoms with Gasteiger partial charge in [-0.1, -0.05) is 6.92 Å². The van der Waals surface area contributed by atoms with E-state index in [-0.39, 0.29) is 6.10 Å². The first-order valence-corrected chi connectivity index (χ1v) is 5.07. The molecular formula is C10H22N2O. The second-order valence-corrected chi connectivity index (χ2v) is 4.58. The third-order valence-electron chi connectivity index (χ3n) is 2.83. The highest BCUT2D eigenvalue weighted by atomic mass is 16.3. The van der Waals surface area contributed by atoms with Gasteiger partial charge in [0.25, 0.3) is 0 Å². The van der Waals surface area contributed by atoms with Gasteiger partial charge in [-0.05, 0) is 26.9 Å². The van der Waals surface area contributed by atoms with Crippen LogP contribution in [0.5, 0.6) is 0 Å². The third-order valence-corrected chi connectivity index (χ3v) is 2.83. The summed E-state index contributed by atoms with van der Waals surface area (Å²) in [5.74, 6) is 0.716. The molecule has 0 aromatic rings. The van der Waals surface area contributed by atoms with Crippen molar-refractivity contribution in [1.82, 2.24) is 9.80 Å². The van der Waals surface area contributed by atoms with E-state index in [4.69, 9.17) is 0 Å². The molecule has 0 bridgehead atoms. The first-order chi connectivity index (χ1) is 6.00. The Morgan fingerprint density at radius 3 is 2.46 bits per heavy atom. The first kappa shape index (κ1) is 11.0. The minimum Gasteiger partial charge on any atom is -0.392 e. The second-order valence-electron chi connectivity index (χ2n) is 4.58. The summed E-state index contributed by atoms with van der Waals surface area (Å²) in [6.45, 7) is 7.17. The second kappa shape index (κ2) is 4.40. The van der Waals surface area contributed by atoms with Crippen molar-refractivity contribution in [3.8, 4) is 0 Å². The van der Waals surface area contributed by atoms with E-state index in [1.54, 1.807) is 0 Å². The fourth-order valence-electron chi connectivity index (χ4n) is 2.24. The maximum Gasteiger partial charge on any atom is 0.0639 e. The monoisotopic (exact) mass is 186 g/mol.